The lowest BCUT2D eigenvalue weighted by Gasteiger charge is -2.11. The van der Waals surface area contributed by atoms with Gasteiger partial charge in [-0.1, -0.05) is 17.7 Å². The Morgan fingerprint density at radius 3 is 2.37 bits per heavy atom. The molecule has 0 saturated carbocycles. The van der Waals surface area contributed by atoms with Crippen LogP contribution in [0.25, 0.3) is 11.4 Å². The predicted octanol–water partition coefficient (Wildman–Crippen LogP) is 3.84. The van der Waals surface area contributed by atoms with Crippen LogP contribution in [0.4, 0.5) is 0 Å². The van der Waals surface area contributed by atoms with Gasteiger partial charge in [0.05, 0.1) is 18.2 Å². The molecule has 0 unspecified atom stereocenters. The molecule has 19 heavy (non-hydrogen) atoms. The van der Waals surface area contributed by atoms with Gasteiger partial charge in [-0.15, -0.1) is 0 Å². The van der Waals surface area contributed by atoms with Crippen molar-refractivity contribution in [3.05, 3.63) is 39.1 Å². The Labute approximate surface area is 122 Å². The lowest BCUT2D eigenvalue weighted by molar-refractivity contribution is 0.859. The number of benzene rings is 1. The first-order valence-corrected chi connectivity index (χ1v) is 6.91. The van der Waals surface area contributed by atoms with Crippen molar-refractivity contribution in [1.29, 1.82) is 5.26 Å². The maximum atomic E-state index is 8.88. The Kier molecular flexibility index (Phi) is 3.77. The molecule has 1 heterocycles. The van der Waals surface area contributed by atoms with Crippen LogP contribution < -0.4 is 0 Å². The highest BCUT2D eigenvalue weighted by atomic mass is 79.9. The average Bonchev–Trinajstić information content (AvgIpc) is 2.56. The molecular formula is C15H16BrN3. The first kappa shape index (κ1) is 13.8. The van der Waals surface area contributed by atoms with Gasteiger partial charge < -0.3 is 4.57 Å². The van der Waals surface area contributed by atoms with Crippen LogP contribution in [0.3, 0.4) is 0 Å². The first-order chi connectivity index (χ1) is 8.95. The van der Waals surface area contributed by atoms with Crippen LogP contribution in [0, 0.1) is 32.1 Å². The normalized spacial score (nSPS) is 10.5. The third kappa shape index (κ3) is 2.43. The van der Waals surface area contributed by atoms with Crippen LogP contribution in [0.15, 0.2) is 16.7 Å². The summed E-state index contributed by atoms with van der Waals surface area (Å²) >= 11 is 3.45. The van der Waals surface area contributed by atoms with E-state index >= 15 is 0 Å². The molecule has 0 aliphatic rings. The summed E-state index contributed by atoms with van der Waals surface area (Å²) in [6, 6.07) is 6.50. The van der Waals surface area contributed by atoms with Gasteiger partial charge in [0.1, 0.15) is 10.4 Å². The summed E-state index contributed by atoms with van der Waals surface area (Å²) in [5.74, 6) is 0.909. The maximum absolute atomic E-state index is 8.88. The summed E-state index contributed by atoms with van der Waals surface area (Å²) in [6.07, 6.45) is 0.355. The van der Waals surface area contributed by atoms with Crippen LogP contribution in [-0.4, -0.2) is 9.55 Å². The van der Waals surface area contributed by atoms with Gasteiger partial charge in [0.25, 0.3) is 0 Å². The molecule has 0 aliphatic heterocycles. The van der Waals surface area contributed by atoms with Crippen molar-refractivity contribution in [2.24, 2.45) is 7.05 Å². The van der Waals surface area contributed by atoms with Crippen LogP contribution in [0.5, 0.6) is 0 Å². The summed E-state index contributed by atoms with van der Waals surface area (Å²) in [5.41, 5.74) is 5.74. The quantitative estimate of drug-likeness (QED) is 0.844. The number of imidazole rings is 1. The fourth-order valence-electron chi connectivity index (χ4n) is 2.52. The third-order valence-electron chi connectivity index (χ3n) is 3.31. The number of hydrogen-bond donors (Lipinski definition) is 0. The first-order valence-electron chi connectivity index (χ1n) is 6.12. The average molecular weight is 318 g/mol. The molecule has 0 N–H and O–H groups in total. The van der Waals surface area contributed by atoms with Crippen molar-refractivity contribution in [1.82, 2.24) is 9.55 Å². The van der Waals surface area contributed by atoms with Gasteiger partial charge in [-0.05, 0) is 47.8 Å². The molecule has 2 aromatic rings. The number of aryl methyl sites for hydroxylation is 3. The second kappa shape index (κ2) is 5.18. The van der Waals surface area contributed by atoms with Crippen LogP contribution in [-0.2, 0) is 13.5 Å². The fraction of sp³-hybridized carbons (Fsp3) is 0.333. The van der Waals surface area contributed by atoms with Crippen LogP contribution >= 0.6 is 15.9 Å². The van der Waals surface area contributed by atoms with E-state index in [1.54, 1.807) is 0 Å². The second-order valence-electron chi connectivity index (χ2n) is 4.84. The van der Waals surface area contributed by atoms with E-state index in [0.29, 0.717) is 6.42 Å². The summed E-state index contributed by atoms with van der Waals surface area (Å²) < 4.78 is 2.75. The summed E-state index contributed by atoms with van der Waals surface area (Å²) in [4.78, 5) is 4.58. The Hall–Kier alpha value is -1.60. The smallest absolute Gasteiger partial charge is 0.141 e. The SMILES string of the molecule is Cc1cc(C)c(-c2nc(Br)c(CC#N)n2C)c(C)c1. The van der Waals surface area contributed by atoms with Gasteiger partial charge in [-0.2, -0.15) is 5.26 Å². The lowest BCUT2D eigenvalue weighted by atomic mass is 9.99. The number of nitrogens with zero attached hydrogens (tertiary/aromatic N) is 3. The van der Waals surface area contributed by atoms with Crippen molar-refractivity contribution in [2.75, 3.05) is 0 Å². The summed E-state index contributed by atoms with van der Waals surface area (Å²) in [6.45, 7) is 6.29. The van der Waals surface area contributed by atoms with Gasteiger partial charge in [0, 0.05) is 12.6 Å². The Morgan fingerprint density at radius 1 is 1.26 bits per heavy atom. The molecule has 1 aromatic carbocycles. The number of hydrogen-bond acceptors (Lipinski definition) is 2. The number of nitriles is 1. The molecule has 0 saturated heterocycles. The lowest BCUT2D eigenvalue weighted by Crippen LogP contribution is -2.01. The number of rotatable bonds is 2. The van der Waals surface area contributed by atoms with E-state index in [1.807, 2.05) is 11.6 Å². The van der Waals surface area contributed by atoms with E-state index in [2.05, 4.69) is 59.9 Å². The molecule has 0 aliphatic carbocycles. The minimum atomic E-state index is 0.355. The molecule has 0 radical (unpaired) electrons. The van der Waals surface area contributed by atoms with Crippen molar-refractivity contribution in [3.8, 4) is 17.5 Å². The number of aromatic nitrogens is 2. The Bertz CT molecular complexity index is 654. The topological polar surface area (TPSA) is 41.6 Å². The van der Waals surface area contributed by atoms with Crippen molar-refractivity contribution < 1.29 is 0 Å². The van der Waals surface area contributed by atoms with E-state index < -0.39 is 0 Å². The van der Waals surface area contributed by atoms with Crippen LogP contribution in [0.1, 0.15) is 22.4 Å². The van der Waals surface area contributed by atoms with Gasteiger partial charge in [0.15, 0.2) is 0 Å². The van der Waals surface area contributed by atoms with Gasteiger partial charge in [0.2, 0.25) is 0 Å². The molecule has 3 nitrogen and oxygen atoms in total. The highest BCUT2D eigenvalue weighted by molar-refractivity contribution is 9.10. The van der Waals surface area contributed by atoms with E-state index in [-0.39, 0.29) is 0 Å². The fourth-order valence-corrected chi connectivity index (χ4v) is 3.10. The third-order valence-corrected chi connectivity index (χ3v) is 3.95. The standard InChI is InChI=1S/C15H16BrN3/c1-9-7-10(2)13(11(3)8-9)15-18-14(16)12(5-6-17)19(15)4/h7-8H,5H2,1-4H3. The molecule has 2 rings (SSSR count). The van der Waals surface area contributed by atoms with E-state index in [1.165, 1.54) is 16.7 Å². The Morgan fingerprint density at radius 2 is 1.84 bits per heavy atom. The molecule has 0 fully saturated rings. The Balaban J connectivity index is 2.67. The zero-order valence-corrected chi connectivity index (χ0v) is 13.2. The van der Waals surface area contributed by atoms with Gasteiger partial charge in [-0.3, -0.25) is 0 Å². The van der Waals surface area contributed by atoms with E-state index in [0.717, 1.165) is 21.7 Å². The number of halogens is 1. The van der Waals surface area contributed by atoms with Crippen LogP contribution in [0.2, 0.25) is 0 Å². The van der Waals surface area contributed by atoms with Gasteiger partial charge >= 0.3 is 0 Å². The molecule has 98 valence electrons. The monoisotopic (exact) mass is 317 g/mol. The largest absolute Gasteiger partial charge is 0.329 e. The summed E-state index contributed by atoms with van der Waals surface area (Å²) in [7, 11) is 1.96. The molecule has 1 aromatic heterocycles. The van der Waals surface area contributed by atoms with Crippen molar-refractivity contribution in [2.45, 2.75) is 27.2 Å². The second-order valence-corrected chi connectivity index (χ2v) is 5.59. The highest BCUT2D eigenvalue weighted by Gasteiger charge is 2.17. The molecule has 0 amide bonds. The van der Waals surface area contributed by atoms with E-state index in [4.69, 9.17) is 5.26 Å². The minimum Gasteiger partial charge on any atom is -0.329 e. The highest BCUT2D eigenvalue weighted by Crippen LogP contribution is 2.30. The summed E-state index contributed by atoms with van der Waals surface area (Å²) in [5, 5.41) is 8.88. The van der Waals surface area contributed by atoms with Crippen molar-refractivity contribution >= 4 is 15.9 Å². The minimum absolute atomic E-state index is 0.355. The molecule has 0 atom stereocenters. The molecular weight excluding hydrogens is 302 g/mol. The zero-order chi connectivity index (χ0) is 14.2. The zero-order valence-electron chi connectivity index (χ0n) is 11.6. The predicted molar refractivity (Wildman–Crippen MR) is 79.9 cm³/mol. The van der Waals surface area contributed by atoms with E-state index in [9.17, 15) is 0 Å². The molecule has 0 bridgehead atoms. The van der Waals surface area contributed by atoms with Gasteiger partial charge in [-0.25, -0.2) is 4.98 Å². The maximum Gasteiger partial charge on any atom is 0.141 e. The van der Waals surface area contributed by atoms with Crippen molar-refractivity contribution in [3.63, 3.8) is 0 Å². The molecule has 0 spiro atoms. The molecule has 4 heteroatoms.